The molecule has 1 heterocycles. The van der Waals surface area contributed by atoms with E-state index in [1.165, 1.54) is 0 Å². The van der Waals surface area contributed by atoms with Gasteiger partial charge in [-0.3, -0.25) is 14.5 Å². The van der Waals surface area contributed by atoms with E-state index in [4.69, 9.17) is 4.74 Å². The van der Waals surface area contributed by atoms with Gasteiger partial charge in [-0.2, -0.15) is 0 Å². The maximum absolute atomic E-state index is 13.3. The van der Waals surface area contributed by atoms with Gasteiger partial charge in [-0.05, 0) is 35.7 Å². The summed E-state index contributed by atoms with van der Waals surface area (Å²) in [5.41, 5.74) is 2.91. The van der Waals surface area contributed by atoms with Crippen molar-refractivity contribution < 1.29 is 23.9 Å². The van der Waals surface area contributed by atoms with Crippen LogP contribution in [-0.2, 0) is 34.0 Å². The number of nitrogens with zero attached hydrogens (tertiary/aromatic N) is 2. The minimum absolute atomic E-state index is 0.0132. The number of hydrogen-bond acceptors (Lipinski definition) is 5. The highest BCUT2D eigenvalue weighted by molar-refractivity contribution is 6.01. The van der Waals surface area contributed by atoms with Gasteiger partial charge in [-0.25, -0.2) is 9.59 Å². The van der Waals surface area contributed by atoms with E-state index in [9.17, 15) is 19.2 Å². The molecular weight excluding hydrogens is 458 g/mol. The van der Waals surface area contributed by atoms with Crippen LogP contribution in [0.5, 0.6) is 0 Å². The van der Waals surface area contributed by atoms with Crippen molar-refractivity contribution in [3.05, 3.63) is 107 Å². The molecule has 1 N–H and O–H groups in total. The highest BCUT2D eigenvalue weighted by Gasteiger charge is 2.28. The van der Waals surface area contributed by atoms with Crippen LogP contribution >= 0.6 is 0 Å². The van der Waals surface area contributed by atoms with Crippen LogP contribution in [0, 0.1) is 0 Å². The third-order valence-corrected chi connectivity index (χ3v) is 5.84. The zero-order valence-corrected chi connectivity index (χ0v) is 19.9. The summed E-state index contributed by atoms with van der Waals surface area (Å²) in [5.74, 6) is -1.23. The molecular formula is C28H27N3O5. The van der Waals surface area contributed by atoms with Crippen molar-refractivity contribution in [1.82, 2.24) is 15.1 Å². The van der Waals surface area contributed by atoms with E-state index in [1.807, 2.05) is 60.7 Å². The lowest BCUT2D eigenvalue weighted by Gasteiger charge is -2.26. The van der Waals surface area contributed by atoms with Crippen molar-refractivity contribution in [2.75, 3.05) is 6.54 Å². The lowest BCUT2D eigenvalue weighted by atomic mass is 10.1. The van der Waals surface area contributed by atoms with Gasteiger partial charge in [-0.1, -0.05) is 72.8 Å². The number of benzene rings is 3. The number of carbonyl (C=O) groups is 4. The first kappa shape index (κ1) is 24.7. The number of amides is 4. The van der Waals surface area contributed by atoms with Crippen LogP contribution in [0.15, 0.2) is 84.9 Å². The maximum atomic E-state index is 13.3. The van der Waals surface area contributed by atoms with Crippen molar-refractivity contribution in [2.45, 2.75) is 32.7 Å². The van der Waals surface area contributed by atoms with Crippen molar-refractivity contribution in [1.29, 1.82) is 0 Å². The van der Waals surface area contributed by atoms with Gasteiger partial charge in [0, 0.05) is 13.1 Å². The van der Waals surface area contributed by atoms with E-state index in [0.717, 1.165) is 16.0 Å². The number of rotatable bonds is 9. The van der Waals surface area contributed by atoms with E-state index >= 15 is 0 Å². The van der Waals surface area contributed by atoms with Crippen LogP contribution in [-0.4, -0.2) is 46.3 Å². The van der Waals surface area contributed by atoms with Gasteiger partial charge in [0.2, 0.25) is 5.91 Å². The third-order valence-electron chi connectivity index (χ3n) is 5.84. The van der Waals surface area contributed by atoms with Crippen molar-refractivity contribution in [3.63, 3.8) is 0 Å². The van der Waals surface area contributed by atoms with Crippen LogP contribution in [0.3, 0.4) is 0 Å². The smallest absolute Gasteiger partial charge is 0.338 e. The largest absolute Gasteiger partial charge is 0.449 e. The molecule has 0 aromatic heterocycles. The molecule has 1 atom stereocenters. The second-order valence-corrected chi connectivity index (χ2v) is 8.55. The van der Waals surface area contributed by atoms with Crippen LogP contribution in [0.25, 0.3) is 0 Å². The predicted octanol–water partition coefficient (Wildman–Crippen LogP) is 3.51. The second-order valence-electron chi connectivity index (χ2n) is 8.55. The highest BCUT2D eigenvalue weighted by Crippen LogP contribution is 2.15. The van der Waals surface area contributed by atoms with Gasteiger partial charge < -0.3 is 15.0 Å². The molecule has 0 saturated carbocycles. The molecule has 0 radical (unpaired) electrons. The Morgan fingerprint density at radius 3 is 1.92 bits per heavy atom. The Kier molecular flexibility index (Phi) is 7.75. The lowest BCUT2D eigenvalue weighted by Crippen LogP contribution is -2.39. The zero-order valence-electron chi connectivity index (χ0n) is 19.9. The second kappa shape index (κ2) is 11.3. The molecule has 4 amide bonds. The Bertz CT molecular complexity index is 1170. The Balaban J connectivity index is 1.40. The molecule has 1 fully saturated rings. The minimum atomic E-state index is -0.990. The quantitative estimate of drug-likeness (QED) is 0.370. The van der Waals surface area contributed by atoms with Crippen LogP contribution in [0.1, 0.15) is 34.0 Å². The van der Waals surface area contributed by atoms with Crippen LogP contribution < -0.4 is 5.32 Å². The topological polar surface area (TPSA) is 96.0 Å². The average Bonchev–Trinajstić information content (AvgIpc) is 3.21. The van der Waals surface area contributed by atoms with Crippen LogP contribution in [0.4, 0.5) is 4.79 Å². The fourth-order valence-electron chi connectivity index (χ4n) is 3.90. The summed E-state index contributed by atoms with van der Waals surface area (Å²) in [6.45, 7) is 2.43. The lowest BCUT2D eigenvalue weighted by molar-refractivity contribution is -0.141. The molecule has 3 aromatic carbocycles. The molecule has 184 valence electrons. The van der Waals surface area contributed by atoms with E-state index in [-0.39, 0.29) is 30.5 Å². The first-order valence-electron chi connectivity index (χ1n) is 11.7. The molecule has 36 heavy (non-hydrogen) atoms. The average molecular weight is 486 g/mol. The Morgan fingerprint density at radius 2 is 1.42 bits per heavy atom. The fourth-order valence-corrected chi connectivity index (χ4v) is 3.90. The van der Waals surface area contributed by atoms with Gasteiger partial charge in [0.25, 0.3) is 5.91 Å². The molecule has 1 aliphatic heterocycles. The van der Waals surface area contributed by atoms with Crippen molar-refractivity contribution >= 4 is 23.8 Å². The SMILES string of the molecule is C[C@@H](OC(=O)c1ccc(CN2C(=O)CNC2=O)cc1)C(=O)N(Cc1ccccc1)Cc1ccccc1. The summed E-state index contributed by atoms with van der Waals surface area (Å²) in [6.07, 6.45) is -0.990. The summed E-state index contributed by atoms with van der Waals surface area (Å²) >= 11 is 0. The summed E-state index contributed by atoms with van der Waals surface area (Å²) in [7, 11) is 0. The van der Waals surface area contributed by atoms with Crippen molar-refractivity contribution in [3.8, 4) is 0 Å². The normalized spacial score (nSPS) is 13.8. The molecule has 0 bridgehead atoms. The van der Waals surface area contributed by atoms with Crippen molar-refractivity contribution in [2.24, 2.45) is 0 Å². The Morgan fingerprint density at radius 1 is 0.861 bits per heavy atom. The fraction of sp³-hybridized carbons (Fsp3) is 0.214. The molecule has 0 unspecified atom stereocenters. The number of carbonyl (C=O) groups excluding carboxylic acids is 4. The number of esters is 1. The van der Waals surface area contributed by atoms with Gasteiger partial charge >= 0.3 is 12.0 Å². The van der Waals surface area contributed by atoms with Crippen LogP contribution in [0.2, 0.25) is 0 Å². The van der Waals surface area contributed by atoms with Gasteiger partial charge in [-0.15, -0.1) is 0 Å². The van der Waals surface area contributed by atoms with E-state index < -0.39 is 18.1 Å². The molecule has 1 aliphatic rings. The maximum Gasteiger partial charge on any atom is 0.338 e. The monoisotopic (exact) mass is 485 g/mol. The zero-order chi connectivity index (χ0) is 25.5. The summed E-state index contributed by atoms with van der Waals surface area (Å²) < 4.78 is 5.50. The number of urea groups is 1. The van der Waals surface area contributed by atoms with E-state index in [2.05, 4.69) is 5.32 Å². The summed E-state index contributed by atoms with van der Waals surface area (Å²) in [5, 5.41) is 2.47. The molecule has 0 aliphatic carbocycles. The number of imide groups is 1. The highest BCUT2D eigenvalue weighted by atomic mass is 16.5. The minimum Gasteiger partial charge on any atom is -0.449 e. The molecule has 8 nitrogen and oxygen atoms in total. The number of hydrogen-bond donors (Lipinski definition) is 1. The number of nitrogens with one attached hydrogen (secondary N) is 1. The van der Waals surface area contributed by atoms with E-state index in [1.54, 1.807) is 36.1 Å². The van der Waals surface area contributed by atoms with Gasteiger partial charge in [0.1, 0.15) is 0 Å². The van der Waals surface area contributed by atoms with E-state index in [0.29, 0.717) is 18.7 Å². The molecule has 3 aromatic rings. The third kappa shape index (κ3) is 6.15. The van der Waals surface area contributed by atoms with Gasteiger partial charge in [0.05, 0.1) is 18.7 Å². The first-order chi connectivity index (χ1) is 17.4. The summed E-state index contributed by atoms with van der Waals surface area (Å²) in [4.78, 5) is 52.3. The standard InChI is InChI=1S/C28H27N3O5/c1-20(26(33)30(17-21-8-4-2-5-9-21)18-22-10-6-3-7-11-22)36-27(34)24-14-12-23(13-15-24)19-31-25(32)16-29-28(31)35/h2-15,20H,16-19H2,1H3,(H,29,35)/t20-/m1/s1. The Labute approximate surface area is 209 Å². The Hall–Kier alpha value is -4.46. The molecule has 8 heteroatoms. The molecule has 0 spiro atoms. The molecule has 1 saturated heterocycles. The first-order valence-corrected chi connectivity index (χ1v) is 11.7. The number of ether oxygens (including phenoxy) is 1. The van der Waals surface area contributed by atoms with Gasteiger partial charge in [0.15, 0.2) is 6.10 Å². The summed E-state index contributed by atoms with van der Waals surface area (Å²) in [6, 6.07) is 25.3. The predicted molar refractivity (Wildman–Crippen MR) is 132 cm³/mol. The molecule has 4 rings (SSSR count).